The van der Waals surface area contributed by atoms with Crippen LogP contribution in [0.1, 0.15) is 0 Å². The van der Waals surface area contributed by atoms with Crippen LogP contribution in [0.25, 0.3) is 21.5 Å². The minimum absolute atomic E-state index is 0.0528. The maximum atomic E-state index is 11.9. The van der Waals surface area contributed by atoms with Gasteiger partial charge in [0.05, 0.1) is 15.4 Å². The van der Waals surface area contributed by atoms with E-state index in [1.54, 1.807) is 19.0 Å². The van der Waals surface area contributed by atoms with Crippen molar-refractivity contribution >= 4 is 39.9 Å². The number of hydrogen-bond acceptors (Lipinski definition) is 3. The van der Waals surface area contributed by atoms with Crippen molar-refractivity contribution in [1.29, 1.82) is 0 Å². The molecule has 0 saturated carbocycles. The lowest BCUT2D eigenvalue weighted by molar-refractivity contribution is -0.129. The van der Waals surface area contributed by atoms with Gasteiger partial charge < -0.3 is 9.47 Å². The van der Waals surface area contributed by atoms with E-state index in [-0.39, 0.29) is 5.91 Å². The van der Waals surface area contributed by atoms with E-state index in [1.165, 1.54) is 11.3 Å². The van der Waals surface area contributed by atoms with Crippen LogP contribution in [0.4, 0.5) is 0 Å². The first kappa shape index (κ1) is 14.1. The van der Waals surface area contributed by atoms with Gasteiger partial charge >= 0.3 is 0 Å². The number of likely N-dealkylation sites (N-methyl/N-ethyl adjacent to an activating group) is 1. The predicted molar refractivity (Wildman–Crippen MR) is 86.8 cm³/mol. The maximum Gasteiger partial charge on any atom is 0.241 e. The third-order valence-electron chi connectivity index (χ3n) is 3.28. The first-order valence-corrected chi connectivity index (χ1v) is 7.65. The lowest BCUT2D eigenvalue weighted by Crippen LogP contribution is -2.25. The van der Waals surface area contributed by atoms with Gasteiger partial charge in [0.25, 0.3) is 0 Å². The molecular formula is C15H14ClN3OS. The van der Waals surface area contributed by atoms with Gasteiger partial charge in [-0.2, -0.15) is 0 Å². The van der Waals surface area contributed by atoms with Crippen molar-refractivity contribution in [3.8, 4) is 10.4 Å². The summed E-state index contributed by atoms with van der Waals surface area (Å²) in [4.78, 5) is 19.0. The van der Waals surface area contributed by atoms with Crippen molar-refractivity contribution in [3.63, 3.8) is 0 Å². The number of amides is 1. The Kier molecular flexibility index (Phi) is 3.69. The van der Waals surface area contributed by atoms with E-state index in [0.29, 0.717) is 6.54 Å². The molecule has 108 valence electrons. The Balaban J connectivity index is 2.01. The minimum atomic E-state index is 0.0528. The summed E-state index contributed by atoms with van der Waals surface area (Å²) >= 11 is 7.50. The van der Waals surface area contributed by atoms with E-state index in [1.807, 2.05) is 41.2 Å². The van der Waals surface area contributed by atoms with E-state index in [2.05, 4.69) is 4.98 Å². The number of hydrogen-bond donors (Lipinski definition) is 0. The molecule has 0 aliphatic rings. The van der Waals surface area contributed by atoms with Gasteiger partial charge in [0.2, 0.25) is 5.91 Å². The molecule has 0 saturated heterocycles. The number of pyridine rings is 1. The van der Waals surface area contributed by atoms with Crippen LogP contribution < -0.4 is 0 Å². The van der Waals surface area contributed by atoms with Crippen LogP contribution in [0.5, 0.6) is 0 Å². The van der Waals surface area contributed by atoms with Crippen molar-refractivity contribution in [3.05, 3.63) is 41.0 Å². The second-order valence-corrected chi connectivity index (χ2v) is 6.68. The van der Waals surface area contributed by atoms with E-state index in [9.17, 15) is 4.79 Å². The second-order valence-electron chi connectivity index (χ2n) is 4.96. The molecule has 0 aliphatic heterocycles. The van der Waals surface area contributed by atoms with Gasteiger partial charge in [-0.1, -0.05) is 11.6 Å². The molecule has 0 bridgehead atoms. The summed E-state index contributed by atoms with van der Waals surface area (Å²) in [6.07, 6.45) is 3.73. The number of thiophene rings is 1. The Bertz CT molecular complexity index is 806. The summed E-state index contributed by atoms with van der Waals surface area (Å²) in [5.41, 5.74) is 2.84. The molecule has 4 nitrogen and oxygen atoms in total. The van der Waals surface area contributed by atoms with Crippen LogP contribution in [0.3, 0.4) is 0 Å². The molecule has 3 heterocycles. The molecule has 3 aromatic heterocycles. The molecule has 6 heteroatoms. The number of fused-ring (bicyclic) bond motifs is 1. The maximum absolute atomic E-state index is 11.9. The lowest BCUT2D eigenvalue weighted by Gasteiger charge is -2.11. The molecule has 0 spiro atoms. The molecule has 3 aromatic rings. The van der Waals surface area contributed by atoms with Gasteiger partial charge in [-0.05, 0) is 24.3 Å². The van der Waals surface area contributed by atoms with Gasteiger partial charge in [0.1, 0.15) is 6.54 Å². The summed E-state index contributed by atoms with van der Waals surface area (Å²) in [5, 5.41) is 0. The molecule has 0 atom stereocenters. The lowest BCUT2D eigenvalue weighted by atomic mass is 10.2. The smallest absolute Gasteiger partial charge is 0.241 e. The Morgan fingerprint density at radius 1 is 1.38 bits per heavy atom. The molecule has 3 rings (SSSR count). The fourth-order valence-electron chi connectivity index (χ4n) is 2.09. The van der Waals surface area contributed by atoms with Crippen molar-refractivity contribution in [2.24, 2.45) is 0 Å². The number of rotatable bonds is 3. The molecule has 0 radical (unpaired) electrons. The molecule has 0 unspecified atom stereocenters. The highest BCUT2D eigenvalue weighted by Gasteiger charge is 2.10. The molecule has 1 amide bonds. The number of halogens is 1. The Morgan fingerprint density at radius 3 is 2.86 bits per heavy atom. The summed E-state index contributed by atoms with van der Waals surface area (Å²) in [5.74, 6) is 0.0528. The van der Waals surface area contributed by atoms with Gasteiger partial charge in [0, 0.05) is 36.9 Å². The van der Waals surface area contributed by atoms with Gasteiger partial charge in [-0.25, -0.2) is 0 Å². The van der Waals surface area contributed by atoms with E-state index in [4.69, 9.17) is 11.6 Å². The van der Waals surface area contributed by atoms with Crippen molar-refractivity contribution in [2.75, 3.05) is 14.1 Å². The number of aromatic nitrogens is 2. The molecule has 0 N–H and O–H groups in total. The fourth-order valence-corrected chi connectivity index (χ4v) is 3.12. The molecule has 0 aliphatic carbocycles. The predicted octanol–water partition coefficient (Wildman–Crippen LogP) is 3.51. The number of carbonyl (C=O) groups is 1. The third kappa shape index (κ3) is 2.80. The normalized spacial score (nSPS) is 11.0. The van der Waals surface area contributed by atoms with Crippen LogP contribution in [-0.4, -0.2) is 34.5 Å². The molecule has 0 fully saturated rings. The van der Waals surface area contributed by atoms with Crippen LogP contribution in [0, 0.1) is 0 Å². The first-order chi connectivity index (χ1) is 10.0. The van der Waals surface area contributed by atoms with Crippen molar-refractivity contribution in [1.82, 2.24) is 14.5 Å². The van der Waals surface area contributed by atoms with Crippen molar-refractivity contribution in [2.45, 2.75) is 6.54 Å². The Labute approximate surface area is 131 Å². The topological polar surface area (TPSA) is 38.1 Å². The quantitative estimate of drug-likeness (QED) is 0.741. The van der Waals surface area contributed by atoms with Crippen LogP contribution in [0.2, 0.25) is 4.34 Å². The van der Waals surface area contributed by atoms with Gasteiger partial charge in [-0.3, -0.25) is 9.78 Å². The standard InChI is InChI=1S/C15H14ClN3OS/c1-18(2)15(20)9-19-6-5-11-12(19)7-10(8-17-11)13-3-4-14(16)21-13/h3-8H,9H2,1-2H3. The summed E-state index contributed by atoms with van der Waals surface area (Å²) in [6, 6.07) is 7.82. The summed E-state index contributed by atoms with van der Waals surface area (Å²) in [6.45, 7) is 0.312. The minimum Gasteiger partial charge on any atom is -0.347 e. The highest BCUT2D eigenvalue weighted by atomic mass is 35.5. The SMILES string of the molecule is CN(C)C(=O)Cn1ccc2ncc(-c3ccc(Cl)s3)cc21. The highest BCUT2D eigenvalue weighted by Crippen LogP contribution is 2.32. The van der Waals surface area contributed by atoms with Crippen molar-refractivity contribution < 1.29 is 4.79 Å². The zero-order chi connectivity index (χ0) is 15.0. The summed E-state index contributed by atoms with van der Waals surface area (Å²) < 4.78 is 2.67. The Hall–Kier alpha value is -1.85. The first-order valence-electron chi connectivity index (χ1n) is 6.45. The number of carbonyl (C=O) groups excluding carboxylic acids is 1. The van der Waals surface area contributed by atoms with Crippen LogP contribution in [-0.2, 0) is 11.3 Å². The van der Waals surface area contributed by atoms with E-state index in [0.717, 1.165) is 25.8 Å². The average Bonchev–Trinajstić information content (AvgIpc) is 3.05. The van der Waals surface area contributed by atoms with E-state index >= 15 is 0 Å². The van der Waals surface area contributed by atoms with Crippen LogP contribution in [0.15, 0.2) is 36.7 Å². The highest BCUT2D eigenvalue weighted by molar-refractivity contribution is 7.19. The van der Waals surface area contributed by atoms with Gasteiger partial charge in [-0.15, -0.1) is 11.3 Å². The van der Waals surface area contributed by atoms with Crippen LogP contribution >= 0.6 is 22.9 Å². The zero-order valence-electron chi connectivity index (χ0n) is 11.7. The fraction of sp³-hybridized carbons (Fsp3) is 0.200. The van der Waals surface area contributed by atoms with Gasteiger partial charge in [0.15, 0.2) is 0 Å². The molecule has 0 aromatic carbocycles. The second kappa shape index (κ2) is 5.50. The number of nitrogens with zero attached hydrogens (tertiary/aromatic N) is 3. The third-order valence-corrected chi connectivity index (χ3v) is 4.56. The molecular weight excluding hydrogens is 306 g/mol. The monoisotopic (exact) mass is 319 g/mol. The Morgan fingerprint density at radius 2 is 2.19 bits per heavy atom. The summed E-state index contributed by atoms with van der Waals surface area (Å²) in [7, 11) is 3.51. The van der Waals surface area contributed by atoms with E-state index < -0.39 is 0 Å². The zero-order valence-corrected chi connectivity index (χ0v) is 13.3. The molecule has 21 heavy (non-hydrogen) atoms. The largest absolute Gasteiger partial charge is 0.347 e. The average molecular weight is 320 g/mol.